The van der Waals surface area contributed by atoms with Crippen molar-refractivity contribution in [1.82, 2.24) is 15.2 Å². The Morgan fingerprint density at radius 3 is 2.42 bits per heavy atom. The second kappa shape index (κ2) is 6.17. The largest absolute Gasteiger partial charge is 0.347 e. The molecule has 0 radical (unpaired) electrons. The van der Waals surface area contributed by atoms with E-state index >= 15 is 0 Å². The van der Waals surface area contributed by atoms with Crippen molar-refractivity contribution in [2.45, 2.75) is 26.4 Å². The average Bonchev–Trinajstić information content (AvgIpc) is 2.40. The van der Waals surface area contributed by atoms with Gasteiger partial charge in [0.1, 0.15) is 0 Å². The fourth-order valence-electron chi connectivity index (χ4n) is 1.75. The molecular formula is C13H14Cl2N4. The zero-order valence-corrected chi connectivity index (χ0v) is 12.2. The number of hydrogen-bond acceptors (Lipinski definition) is 4. The number of anilines is 1. The van der Waals surface area contributed by atoms with Gasteiger partial charge in [-0.2, -0.15) is 4.98 Å². The molecule has 100 valence electrons. The lowest BCUT2D eigenvalue weighted by Gasteiger charge is -2.28. The zero-order chi connectivity index (χ0) is 13.8. The SMILES string of the molecule is CC(C)N(Cc1ccccc1)c1nc(Cl)nnc1Cl. The van der Waals surface area contributed by atoms with Gasteiger partial charge in [-0.1, -0.05) is 41.9 Å². The number of aromatic nitrogens is 3. The van der Waals surface area contributed by atoms with Crippen LogP contribution in [0, 0.1) is 0 Å². The molecule has 0 unspecified atom stereocenters. The van der Waals surface area contributed by atoms with Crippen LogP contribution in [0.3, 0.4) is 0 Å². The molecule has 2 rings (SSSR count). The second-order valence-corrected chi connectivity index (χ2v) is 5.10. The minimum Gasteiger partial charge on any atom is -0.347 e. The number of nitrogens with zero attached hydrogens (tertiary/aromatic N) is 4. The first kappa shape index (κ1) is 14.0. The summed E-state index contributed by atoms with van der Waals surface area (Å²) in [4.78, 5) is 6.22. The minimum absolute atomic E-state index is 0.0955. The van der Waals surface area contributed by atoms with Crippen molar-refractivity contribution >= 4 is 29.0 Å². The Balaban J connectivity index is 2.32. The predicted molar refractivity (Wildman–Crippen MR) is 77.6 cm³/mol. The van der Waals surface area contributed by atoms with Gasteiger partial charge in [0.05, 0.1) is 0 Å². The highest BCUT2D eigenvalue weighted by Crippen LogP contribution is 2.25. The van der Waals surface area contributed by atoms with Crippen LogP contribution < -0.4 is 4.90 Å². The summed E-state index contributed by atoms with van der Waals surface area (Å²) < 4.78 is 0. The van der Waals surface area contributed by atoms with Crippen LogP contribution in [0.25, 0.3) is 0 Å². The topological polar surface area (TPSA) is 41.9 Å². The molecule has 2 aromatic rings. The highest BCUT2D eigenvalue weighted by Gasteiger charge is 2.18. The van der Waals surface area contributed by atoms with Crippen LogP contribution in [-0.4, -0.2) is 21.2 Å². The molecule has 0 amide bonds. The van der Waals surface area contributed by atoms with Crippen LogP contribution in [-0.2, 0) is 6.54 Å². The molecule has 1 aromatic carbocycles. The standard InChI is InChI=1S/C13H14Cl2N4/c1-9(2)19(8-10-6-4-3-5-7-10)12-11(14)17-18-13(15)16-12/h3-7,9H,8H2,1-2H3. The highest BCUT2D eigenvalue weighted by atomic mass is 35.5. The van der Waals surface area contributed by atoms with Crippen molar-refractivity contribution in [1.29, 1.82) is 0 Å². The third-order valence-corrected chi connectivity index (χ3v) is 3.10. The monoisotopic (exact) mass is 296 g/mol. The summed E-state index contributed by atoms with van der Waals surface area (Å²) in [7, 11) is 0. The molecule has 0 saturated heterocycles. The van der Waals surface area contributed by atoms with Gasteiger partial charge >= 0.3 is 0 Å². The van der Waals surface area contributed by atoms with Crippen LogP contribution in [0.15, 0.2) is 30.3 Å². The van der Waals surface area contributed by atoms with Crippen LogP contribution in [0.1, 0.15) is 19.4 Å². The summed E-state index contributed by atoms with van der Waals surface area (Å²) in [6.45, 7) is 4.82. The second-order valence-electron chi connectivity index (χ2n) is 4.40. The van der Waals surface area contributed by atoms with E-state index in [1.54, 1.807) is 0 Å². The van der Waals surface area contributed by atoms with Crippen molar-refractivity contribution in [3.8, 4) is 0 Å². The van der Waals surface area contributed by atoms with E-state index < -0.39 is 0 Å². The van der Waals surface area contributed by atoms with Gasteiger partial charge in [0, 0.05) is 12.6 Å². The smallest absolute Gasteiger partial charge is 0.245 e. The highest BCUT2D eigenvalue weighted by molar-refractivity contribution is 6.32. The lowest BCUT2D eigenvalue weighted by molar-refractivity contribution is 0.667. The van der Waals surface area contributed by atoms with Crippen molar-refractivity contribution in [2.24, 2.45) is 0 Å². The summed E-state index contributed by atoms with van der Waals surface area (Å²) in [5.74, 6) is 0.556. The summed E-state index contributed by atoms with van der Waals surface area (Å²) in [5, 5.41) is 7.79. The molecule has 19 heavy (non-hydrogen) atoms. The van der Waals surface area contributed by atoms with Crippen molar-refractivity contribution in [2.75, 3.05) is 4.90 Å². The molecule has 1 aromatic heterocycles. The van der Waals surface area contributed by atoms with E-state index in [1.807, 2.05) is 23.1 Å². The molecule has 6 heteroatoms. The van der Waals surface area contributed by atoms with Crippen LogP contribution in [0.5, 0.6) is 0 Å². The van der Waals surface area contributed by atoms with Gasteiger partial charge in [0.15, 0.2) is 11.0 Å². The maximum Gasteiger partial charge on any atom is 0.245 e. The summed E-state index contributed by atoms with van der Waals surface area (Å²) in [5.41, 5.74) is 1.17. The number of hydrogen-bond donors (Lipinski definition) is 0. The number of halogens is 2. The maximum absolute atomic E-state index is 6.06. The third kappa shape index (κ3) is 3.55. The molecule has 4 nitrogen and oxygen atoms in total. The van der Waals surface area contributed by atoms with Crippen LogP contribution >= 0.6 is 23.2 Å². The maximum atomic E-state index is 6.06. The van der Waals surface area contributed by atoms with Crippen molar-refractivity contribution in [3.63, 3.8) is 0 Å². The van der Waals surface area contributed by atoms with Crippen LogP contribution in [0.2, 0.25) is 10.4 Å². The van der Waals surface area contributed by atoms with E-state index in [2.05, 4.69) is 41.2 Å². The third-order valence-electron chi connectivity index (χ3n) is 2.69. The Labute approximate surface area is 122 Å². The van der Waals surface area contributed by atoms with Gasteiger partial charge in [-0.15, -0.1) is 10.2 Å². The van der Waals surface area contributed by atoms with Gasteiger partial charge < -0.3 is 4.90 Å². The van der Waals surface area contributed by atoms with Gasteiger partial charge in [-0.05, 0) is 31.0 Å². The van der Waals surface area contributed by atoms with Gasteiger partial charge in [0.2, 0.25) is 5.28 Å². The fraction of sp³-hybridized carbons (Fsp3) is 0.308. The Hall–Kier alpha value is -1.39. The normalized spacial score (nSPS) is 10.8. The summed E-state index contributed by atoms with van der Waals surface area (Å²) >= 11 is 11.9. The van der Waals surface area contributed by atoms with Gasteiger partial charge in [-0.25, -0.2) is 0 Å². The predicted octanol–water partition coefficient (Wildman–Crippen LogP) is 3.59. The number of rotatable bonds is 4. The summed E-state index contributed by atoms with van der Waals surface area (Å²) in [6.07, 6.45) is 0. The van der Waals surface area contributed by atoms with Crippen LogP contribution in [0.4, 0.5) is 5.82 Å². The zero-order valence-electron chi connectivity index (χ0n) is 10.7. The lowest BCUT2D eigenvalue weighted by atomic mass is 10.2. The van der Waals surface area contributed by atoms with E-state index in [4.69, 9.17) is 23.2 Å². The summed E-state index contributed by atoms with van der Waals surface area (Å²) in [6, 6.07) is 10.3. The average molecular weight is 297 g/mol. The Bertz CT molecular complexity index is 546. The number of benzene rings is 1. The molecule has 0 aliphatic heterocycles. The molecule has 0 N–H and O–H groups in total. The van der Waals surface area contributed by atoms with Crippen molar-refractivity contribution in [3.05, 3.63) is 46.3 Å². The van der Waals surface area contributed by atoms with E-state index in [9.17, 15) is 0 Å². The molecule has 0 fully saturated rings. The Morgan fingerprint density at radius 1 is 1.11 bits per heavy atom. The molecule has 0 spiro atoms. The first-order valence-corrected chi connectivity index (χ1v) is 6.70. The molecule has 0 aliphatic carbocycles. The molecule has 1 heterocycles. The fourth-order valence-corrected chi connectivity index (χ4v) is 2.06. The van der Waals surface area contributed by atoms with E-state index in [1.165, 1.54) is 5.56 Å². The molecular weight excluding hydrogens is 283 g/mol. The van der Waals surface area contributed by atoms with E-state index in [0.717, 1.165) is 0 Å². The van der Waals surface area contributed by atoms with Crippen molar-refractivity contribution < 1.29 is 0 Å². The lowest BCUT2D eigenvalue weighted by Crippen LogP contribution is -2.31. The molecule has 0 aliphatic rings. The molecule has 0 atom stereocenters. The quantitative estimate of drug-likeness (QED) is 0.864. The van der Waals surface area contributed by atoms with Gasteiger partial charge in [0.25, 0.3) is 0 Å². The molecule has 0 bridgehead atoms. The Kier molecular flexibility index (Phi) is 4.56. The Morgan fingerprint density at radius 2 is 1.79 bits per heavy atom. The first-order valence-electron chi connectivity index (χ1n) is 5.94. The van der Waals surface area contributed by atoms with E-state index in [-0.39, 0.29) is 16.5 Å². The first-order chi connectivity index (χ1) is 9.08. The molecule has 0 saturated carbocycles. The van der Waals surface area contributed by atoms with E-state index in [0.29, 0.717) is 12.4 Å². The minimum atomic E-state index is 0.0955. The van der Waals surface area contributed by atoms with Gasteiger partial charge in [-0.3, -0.25) is 0 Å².